The highest BCUT2D eigenvalue weighted by Crippen LogP contribution is 2.21. The zero-order valence-corrected chi connectivity index (χ0v) is 13.3. The van der Waals surface area contributed by atoms with Crippen molar-refractivity contribution in [2.24, 2.45) is 0 Å². The summed E-state index contributed by atoms with van der Waals surface area (Å²) < 4.78 is 63.3. The number of hydrogen-bond donors (Lipinski definition) is 0. The fraction of sp³-hybridized carbons (Fsp3) is 0.500. The third kappa shape index (κ3) is 4.52. The smallest absolute Gasteiger partial charge is 0.295 e. The minimum absolute atomic E-state index is 0.0112. The highest BCUT2D eigenvalue weighted by atomic mass is 32.2. The van der Waals surface area contributed by atoms with Gasteiger partial charge in [0.1, 0.15) is 0 Å². The lowest BCUT2D eigenvalue weighted by Gasteiger charge is -2.34. The minimum Gasteiger partial charge on any atom is -0.295 e. The van der Waals surface area contributed by atoms with Crippen molar-refractivity contribution in [2.45, 2.75) is 18.0 Å². The number of rotatable bonds is 4. The van der Waals surface area contributed by atoms with Crippen molar-refractivity contribution in [3.63, 3.8) is 0 Å². The van der Waals surface area contributed by atoms with Gasteiger partial charge in [0.2, 0.25) is 10.0 Å². The van der Waals surface area contributed by atoms with Crippen molar-refractivity contribution >= 4 is 15.8 Å². The molecule has 1 fully saturated rings. The number of Topliss-reactive ketones (excluding diaryl/α,β-unsaturated/α-hetero) is 1. The van der Waals surface area contributed by atoms with E-state index in [1.807, 2.05) is 0 Å². The molecule has 0 spiro atoms. The highest BCUT2D eigenvalue weighted by molar-refractivity contribution is 7.89. The van der Waals surface area contributed by atoms with E-state index in [1.54, 1.807) is 0 Å². The Labute approximate surface area is 132 Å². The van der Waals surface area contributed by atoms with Crippen LogP contribution in [0.25, 0.3) is 0 Å². The van der Waals surface area contributed by atoms with Crippen LogP contribution >= 0.6 is 0 Å². The Kier molecular flexibility index (Phi) is 5.12. The van der Waals surface area contributed by atoms with Crippen LogP contribution in [0, 0.1) is 0 Å². The number of carbonyl (C=O) groups excluding carboxylic acids is 1. The number of ketones is 1. The number of benzene rings is 1. The maximum atomic E-state index is 12.5. The Balaban J connectivity index is 2.10. The number of nitrogens with zero attached hydrogens (tertiary/aromatic N) is 2. The van der Waals surface area contributed by atoms with E-state index in [9.17, 15) is 26.4 Å². The summed E-state index contributed by atoms with van der Waals surface area (Å²) in [6, 6.07) is 5.66. The second-order valence-corrected chi connectivity index (χ2v) is 7.32. The Hall–Kier alpha value is -1.45. The van der Waals surface area contributed by atoms with Gasteiger partial charge in [-0.2, -0.15) is 17.5 Å². The number of halogens is 3. The lowest BCUT2D eigenvalue weighted by atomic mass is 10.2. The summed E-state index contributed by atoms with van der Waals surface area (Å²) in [6.45, 7) is 0.310. The normalized spacial score (nSPS) is 18.1. The topological polar surface area (TPSA) is 57.7 Å². The summed E-state index contributed by atoms with van der Waals surface area (Å²) in [5.41, 5.74) is 0.279. The first-order valence-electron chi connectivity index (χ1n) is 7.00. The summed E-state index contributed by atoms with van der Waals surface area (Å²) in [4.78, 5) is 12.5. The van der Waals surface area contributed by atoms with Gasteiger partial charge in [-0.3, -0.25) is 9.69 Å². The molecule has 1 heterocycles. The zero-order chi connectivity index (χ0) is 17.3. The Bertz CT molecular complexity index is 681. The van der Waals surface area contributed by atoms with Crippen molar-refractivity contribution in [3.05, 3.63) is 29.8 Å². The van der Waals surface area contributed by atoms with Gasteiger partial charge < -0.3 is 0 Å². The van der Waals surface area contributed by atoms with E-state index in [2.05, 4.69) is 0 Å². The molecule has 23 heavy (non-hydrogen) atoms. The van der Waals surface area contributed by atoms with E-state index in [0.717, 1.165) is 4.31 Å². The molecule has 0 saturated carbocycles. The molecule has 1 aliphatic heterocycles. The Morgan fingerprint density at radius 3 is 2.30 bits per heavy atom. The quantitative estimate of drug-likeness (QED) is 0.777. The Morgan fingerprint density at radius 2 is 1.78 bits per heavy atom. The molecule has 5 nitrogen and oxygen atoms in total. The second kappa shape index (κ2) is 6.58. The fourth-order valence-electron chi connectivity index (χ4n) is 2.41. The molecule has 2 rings (SSSR count). The molecule has 0 atom stereocenters. The maximum Gasteiger partial charge on any atom is 0.401 e. The summed E-state index contributed by atoms with van der Waals surface area (Å²) >= 11 is 0. The van der Waals surface area contributed by atoms with Crippen molar-refractivity contribution < 1.29 is 26.4 Å². The van der Waals surface area contributed by atoms with E-state index in [-0.39, 0.29) is 42.4 Å². The van der Waals surface area contributed by atoms with Gasteiger partial charge in [-0.25, -0.2) is 8.42 Å². The second-order valence-electron chi connectivity index (χ2n) is 5.38. The largest absolute Gasteiger partial charge is 0.401 e. The van der Waals surface area contributed by atoms with Crippen LogP contribution in [0.1, 0.15) is 17.3 Å². The summed E-state index contributed by atoms with van der Waals surface area (Å²) in [5.74, 6) is -0.253. The van der Waals surface area contributed by atoms with Gasteiger partial charge in [0.15, 0.2) is 5.78 Å². The summed E-state index contributed by atoms with van der Waals surface area (Å²) in [7, 11) is -3.81. The Morgan fingerprint density at radius 1 is 1.17 bits per heavy atom. The number of hydrogen-bond acceptors (Lipinski definition) is 4. The highest BCUT2D eigenvalue weighted by Gasteiger charge is 2.34. The van der Waals surface area contributed by atoms with E-state index in [4.69, 9.17) is 0 Å². The molecule has 1 aromatic carbocycles. The zero-order valence-electron chi connectivity index (χ0n) is 12.5. The standard InChI is InChI=1S/C14H17F3N2O3S/c1-11(20)12-3-2-4-13(9-12)23(21,22)19-7-5-18(6-8-19)10-14(15,16)17/h2-4,9H,5-8,10H2,1H3. The monoisotopic (exact) mass is 350 g/mol. The molecule has 0 amide bonds. The molecular weight excluding hydrogens is 333 g/mol. The van der Waals surface area contributed by atoms with Crippen LogP contribution < -0.4 is 0 Å². The average molecular weight is 350 g/mol. The van der Waals surface area contributed by atoms with Gasteiger partial charge in [-0.1, -0.05) is 12.1 Å². The van der Waals surface area contributed by atoms with Crippen LogP contribution in [0.4, 0.5) is 13.2 Å². The van der Waals surface area contributed by atoms with Crippen LogP contribution in [0.2, 0.25) is 0 Å². The van der Waals surface area contributed by atoms with Crippen molar-refractivity contribution in [1.82, 2.24) is 9.21 Å². The first-order chi connectivity index (χ1) is 10.6. The molecule has 0 aliphatic carbocycles. The van der Waals surface area contributed by atoms with Gasteiger partial charge in [0.25, 0.3) is 0 Å². The van der Waals surface area contributed by atoms with Crippen LogP contribution in [0.15, 0.2) is 29.2 Å². The summed E-state index contributed by atoms with van der Waals surface area (Å²) in [6.07, 6.45) is -4.29. The molecule has 1 aliphatic rings. The molecule has 1 saturated heterocycles. The molecule has 0 radical (unpaired) electrons. The van der Waals surface area contributed by atoms with E-state index in [0.29, 0.717) is 0 Å². The van der Waals surface area contributed by atoms with E-state index >= 15 is 0 Å². The molecule has 128 valence electrons. The van der Waals surface area contributed by atoms with Gasteiger partial charge in [0, 0.05) is 31.7 Å². The average Bonchev–Trinajstić information content (AvgIpc) is 2.46. The molecular formula is C14H17F3N2O3S. The fourth-order valence-corrected chi connectivity index (χ4v) is 3.87. The predicted octanol–water partition coefficient (Wildman–Crippen LogP) is 1.76. The molecule has 0 aromatic heterocycles. The van der Waals surface area contributed by atoms with Crippen molar-refractivity contribution in [3.8, 4) is 0 Å². The number of alkyl halides is 3. The molecule has 1 aromatic rings. The van der Waals surface area contributed by atoms with Crippen LogP contribution in [0.3, 0.4) is 0 Å². The lowest BCUT2D eigenvalue weighted by Crippen LogP contribution is -2.50. The van der Waals surface area contributed by atoms with E-state index in [1.165, 1.54) is 36.1 Å². The molecule has 0 unspecified atom stereocenters. The maximum absolute atomic E-state index is 12.5. The first kappa shape index (κ1) is 17.9. The lowest BCUT2D eigenvalue weighted by molar-refractivity contribution is -0.148. The number of piperazine rings is 1. The van der Waals surface area contributed by atoms with Gasteiger partial charge in [0.05, 0.1) is 11.4 Å². The number of sulfonamides is 1. The van der Waals surface area contributed by atoms with Crippen molar-refractivity contribution in [1.29, 1.82) is 0 Å². The van der Waals surface area contributed by atoms with Gasteiger partial charge in [-0.05, 0) is 19.1 Å². The van der Waals surface area contributed by atoms with E-state index < -0.39 is 22.7 Å². The van der Waals surface area contributed by atoms with Crippen LogP contribution in [-0.4, -0.2) is 62.3 Å². The molecule has 9 heteroatoms. The molecule has 0 N–H and O–H groups in total. The molecule has 0 bridgehead atoms. The first-order valence-corrected chi connectivity index (χ1v) is 8.44. The SMILES string of the molecule is CC(=O)c1cccc(S(=O)(=O)N2CCN(CC(F)(F)F)CC2)c1. The van der Waals surface area contributed by atoms with Gasteiger partial charge >= 0.3 is 6.18 Å². The number of carbonyl (C=O) groups is 1. The third-order valence-corrected chi connectivity index (χ3v) is 5.51. The predicted molar refractivity (Wildman–Crippen MR) is 77.7 cm³/mol. The summed E-state index contributed by atoms with van der Waals surface area (Å²) in [5, 5.41) is 0. The van der Waals surface area contributed by atoms with Gasteiger partial charge in [-0.15, -0.1) is 0 Å². The third-order valence-electron chi connectivity index (χ3n) is 3.61. The minimum atomic E-state index is -4.29. The van der Waals surface area contributed by atoms with Crippen LogP contribution in [0.5, 0.6) is 0 Å². The van der Waals surface area contributed by atoms with Crippen LogP contribution in [-0.2, 0) is 10.0 Å². The van der Waals surface area contributed by atoms with Crippen molar-refractivity contribution in [2.75, 3.05) is 32.7 Å².